The minimum Gasteiger partial charge on any atom is -0.479 e. The zero-order valence-corrected chi connectivity index (χ0v) is 12.8. The van der Waals surface area contributed by atoms with Crippen LogP contribution in [0.1, 0.15) is 41.9 Å². The van der Waals surface area contributed by atoms with Gasteiger partial charge in [0.15, 0.2) is 6.04 Å². The van der Waals surface area contributed by atoms with Crippen LogP contribution in [-0.2, 0) is 11.2 Å². The van der Waals surface area contributed by atoms with Crippen LogP contribution < -0.4 is 4.90 Å². The fourth-order valence-corrected chi connectivity index (χ4v) is 3.57. The molecule has 1 atom stereocenters. The predicted molar refractivity (Wildman–Crippen MR) is 81.9 cm³/mol. The second-order valence-corrected chi connectivity index (χ2v) is 6.44. The lowest BCUT2D eigenvalue weighted by Gasteiger charge is -2.34. The second-order valence-electron chi connectivity index (χ2n) is 5.44. The smallest absolute Gasteiger partial charge is 0.331 e. The van der Waals surface area contributed by atoms with Gasteiger partial charge in [0.25, 0.3) is 0 Å². The molecular formula is C15H17N3O2S. The Morgan fingerprint density at radius 2 is 2.29 bits per heavy atom. The molecule has 0 saturated carbocycles. The minimum absolute atomic E-state index is 0.288. The van der Waals surface area contributed by atoms with Gasteiger partial charge in [-0.05, 0) is 29.3 Å². The van der Waals surface area contributed by atoms with E-state index in [2.05, 4.69) is 23.8 Å². The molecule has 3 rings (SSSR count). The number of carbonyl (C=O) groups is 1. The van der Waals surface area contributed by atoms with E-state index in [4.69, 9.17) is 0 Å². The van der Waals surface area contributed by atoms with Gasteiger partial charge in [-0.15, -0.1) is 11.3 Å². The zero-order chi connectivity index (χ0) is 15.0. The normalized spacial score (nSPS) is 17.9. The Bertz CT molecular complexity index is 668. The number of hydrogen-bond donors (Lipinski definition) is 1. The van der Waals surface area contributed by atoms with Crippen molar-refractivity contribution in [3.63, 3.8) is 0 Å². The molecular weight excluding hydrogens is 286 g/mol. The molecule has 0 aromatic carbocycles. The summed E-state index contributed by atoms with van der Waals surface area (Å²) in [5.41, 5.74) is 1.82. The molecule has 0 aliphatic carbocycles. The summed E-state index contributed by atoms with van der Waals surface area (Å²) >= 11 is 1.63. The van der Waals surface area contributed by atoms with Crippen molar-refractivity contribution in [2.45, 2.75) is 32.2 Å². The van der Waals surface area contributed by atoms with Gasteiger partial charge in [0.2, 0.25) is 0 Å². The predicted octanol–water partition coefficient (Wildman–Crippen LogP) is 2.85. The number of aliphatic carboxylic acids is 1. The third kappa shape index (κ3) is 2.51. The van der Waals surface area contributed by atoms with Crippen molar-refractivity contribution in [1.82, 2.24) is 9.97 Å². The molecule has 2 aromatic heterocycles. The first-order valence-electron chi connectivity index (χ1n) is 6.95. The van der Waals surface area contributed by atoms with E-state index in [1.54, 1.807) is 11.3 Å². The van der Waals surface area contributed by atoms with Gasteiger partial charge in [-0.25, -0.2) is 14.8 Å². The zero-order valence-electron chi connectivity index (χ0n) is 12.0. The van der Waals surface area contributed by atoms with E-state index in [1.807, 2.05) is 22.4 Å². The summed E-state index contributed by atoms with van der Waals surface area (Å²) in [5, 5.41) is 11.6. The van der Waals surface area contributed by atoms with Crippen LogP contribution in [-0.4, -0.2) is 27.6 Å². The molecule has 1 aliphatic heterocycles. The highest BCUT2D eigenvalue weighted by molar-refractivity contribution is 7.10. The minimum atomic E-state index is -0.834. The molecule has 2 aromatic rings. The molecule has 6 heteroatoms. The van der Waals surface area contributed by atoms with E-state index >= 15 is 0 Å². The van der Waals surface area contributed by atoms with Gasteiger partial charge < -0.3 is 10.0 Å². The molecule has 1 aliphatic rings. The summed E-state index contributed by atoms with van der Waals surface area (Å²) in [4.78, 5) is 23.3. The van der Waals surface area contributed by atoms with E-state index in [1.165, 1.54) is 6.33 Å². The van der Waals surface area contributed by atoms with Crippen molar-refractivity contribution in [3.8, 4) is 0 Å². The molecule has 5 nitrogen and oxygen atoms in total. The number of thiophene rings is 1. The Kier molecular flexibility index (Phi) is 3.63. The number of nitrogens with zero attached hydrogens (tertiary/aromatic N) is 3. The van der Waals surface area contributed by atoms with Crippen LogP contribution in [0.3, 0.4) is 0 Å². The topological polar surface area (TPSA) is 66.3 Å². The van der Waals surface area contributed by atoms with Crippen LogP contribution in [0.2, 0.25) is 0 Å². The molecule has 0 fully saturated rings. The molecule has 0 spiro atoms. The fraction of sp³-hybridized carbons (Fsp3) is 0.400. The van der Waals surface area contributed by atoms with Gasteiger partial charge >= 0.3 is 5.97 Å². The number of aromatic nitrogens is 2. The van der Waals surface area contributed by atoms with Crippen molar-refractivity contribution in [2.24, 2.45) is 0 Å². The highest BCUT2D eigenvalue weighted by atomic mass is 32.1. The van der Waals surface area contributed by atoms with Crippen LogP contribution in [0.15, 0.2) is 23.8 Å². The van der Waals surface area contributed by atoms with Crippen molar-refractivity contribution in [3.05, 3.63) is 40.0 Å². The lowest BCUT2D eigenvalue weighted by molar-refractivity contribution is -0.138. The van der Waals surface area contributed by atoms with E-state index < -0.39 is 12.0 Å². The van der Waals surface area contributed by atoms with Gasteiger partial charge in [-0.2, -0.15) is 0 Å². The maximum Gasteiger partial charge on any atom is 0.331 e. The summed E-state index contributed by atoms with van der Waals surface area (Å²) in [6.45, 7) is 4.79. The first kappa shape index (κ1) is 14.0. The van der Waals surface area contributed by atoms with Crippen LogP contribution in [0.5, 0.6) is 0 Å². The Morgan fingerprint density at radius 1 is 1.48 bits per heavy atom. The van der Waals surface area contributed by atoms with Gasteiger partial charge in [0, 0.05) is 23.2 Å². The maximum atomic E-state index is 11.7. The molecule has 0 radical (unpaired) electrons. The number of fused-ring (bicyclic) bond motifs is 1. The van der Waals surface area contributed by atoms with E-state index in [-0.39, 0.29) is 5.92 Å². The Balaban J connectivity index is 2.02. The second kappa shape index (κ2) is 5.44. The van der Waals surface area contributed by atoms with E-state index in [0.29, 0.717) is 12.4 Å². The number of rotatable bonds is 3. The van der Waals surface area contributed by atoms with Crippen molar-refractivity contribution in [1.29, 1.82) is 0 Å². The van der Waals surface area contributed by atoms with Crippen molar-refractivity contribution < 1.29 is 9.90 Å². The highest BCUT2D eigenvalue weighted by Crippen LogP contribution is 2.36. The molecule has 21 heavy (non-hydrogen) atoms. The lowest BCUT2D eigenvalue weighted by atomic mass is 10.00. The van der Waals surface area contributed by atoms with Gasteiger partial charge in [0.05, 0.1) is 0 Å². The summed E-state index contributed by atoms with van der Waals surface area (Å²) in [6.07, 6.45) is 2.38. The average Bonchev–Trinajstić information content (AvgIpc) is 2.94. The third-order valence-corrected chi connectivity index (χ3v) is 4.76. The quantitative estimate of drug-likeness (QED) is 0.944. The summed E-state index contributed by atoms with van der Waals surface area (Å²) < 4.78 is 0. The molecule has 110 valence electrons. The summed E-state index contributed by atoms with van der Waals surface area (Å²) in [7, 11) is 0. The molecule has 1 unspecified atom stereocenters. The van der Waals surface area contributed by atoms with E-state index in [9.17, 15) is 9.90 Å². The van der Waals surface area contributed by atoms with Crippen molar-refractivity contribution in [2.75, 3.05) is 11.4 Å². The Labute approximate surface area is 127 Å². The Hall–Kier alpha value is -1.95. The fourth-order valence-electron chi connectivity index (χ4n) is 2.66. The summed E-state index contributed by atoms with van der Waals surface area (Å²) in [5.74, 6) is 0.147. The first-order chi connectivity index (χ1) is 10.1. The van der Waals surface area contributed by atoms with Gasteiger partial charge in [-0.3, -0.25) is 0 Å². The number of carboxylic acid groups (broad SMARTS) is 1. The molecule has 0 amide bonds. The van der Waals surface area contributed by atoms with Crippen LogP contribution in [0, 0.1) is 0 Å². The van der Waals surface area contributed by atoms with Crippen LogP contribution in [0.25, 0.3) is 0 Å². The summed E-state index contributed by atoms with van der Waals surface area (Å²) in [6, 6.07) is 3.16. The monoisotopic (exact) mass is 303 g/mol. The molecule has 3 heterocycles. The van der Waals surface area contributed by atoms with Crippen LogP contribution in [0.4, 0.5) is 5.82 Å². The van der Waals surface area contributed by atoms with E-state index in [0.717, 1.165) is 22.6 Å². The number of carboxylic acids is 1. The number of hydrogen-bond acceptors (Lipinski definition) is 5. The molecule has 0 bridgehead atoms. The Morgan fingerprint density at radius 3 is 3.00 bits per heavy atom. The maximum absolute atomic E-state index is 11.7. The van der Waals surface area contributed by atoms with Crippen molar-refractivity contribution >= 4 is 23.1 Å². The largest absolute Gasteiger partial charge is 0.479 e. The number of anilines is 1. The molecule has 0 saturated heterocycles. The van der Waals surface area contributed by atoms with Crippen LogP contribution >= 0.6 is 11.3 Å². The van der Waals surface area contributed by atoms with Gasteiger partial charge in [0.1, 0.15) is 12.1 Å². The molecule has 1 N–H and O–H groups in total. The van der Waals surface area contributed by atoms with Gasteiger partial charge in [-0.1, -0.05) is 13.8 Å². The standard InChI is InChI=1S/C15H17N3O2S/c1-9(2)11-7-13(17-8-16-11)18-5-3-12-10(4-6-21-12)14(18)15(19)20/h4,6-9,14H,3,5H2,1-2H3,(H,19,20). The third-order valence-electron chi connectivity index (χ3n) is 3.76. The average molecular weight is 303 g/mol. The first-order valence-corrected chi connectivity index (χ1v) is 7.83. The highest BCUT2D eigenvalue weighted by Gasteiger charge is 2.34. The SMILES string of the molecule is CC(C)c1cc(N2CCc3sccc3C2C(=O)O)ncn1. The lowest BCUT2D eigenvalue weighted by Crippen LogP contribution is -2.39.